The molecule has 2 aromatic heterocycles. The molecule has 0 saturated carbocycles. The minimum atomic E-state index is 0.445. The Labute approximate surface area is 122 Å². The van der Waals surface area contributed by atoms with Crippen molar-refractivity contribution in [3.63, 3.8) is 0 Å². The van der Waals surface area contributed by atoms with Crippen LogP contribution in [0.4, 0.5) is 5.82 Å². The van der Waals surface area contributed by atoms with Crippen LogP contribution in [0.15, 0.2) is 40.2 Å². The lowest BCUT2D eigenvalue weighted by Crippen LogP contribution is -1.89. The van der Waals surface area contributed by atoms with Gasteiger partial charge in [0.15, 0.2) is 11.6 Å². The zero-order valence-corrected chi connectivity index (χ0v) is 12.3. The highest BCUT2D eigenvalue weighted by Gasteiger charge is 2.20. The van der Waals surface area contributed by atoms with E-state index in [0.29, 0.717) is 5.82 Å². The summed E-state index contributed by atoms with van der Waals surface area (Å²) in [5.41, 5.74) is 10.4. The molecule has 3 rings (SSSR count). The van der Waals surface area contributed by atoms with Gasteiger partial charge in [-0.2, -0.15) is 0 Å². The fraction of sp³-hybridized carbons (Fsp3) is 0.188. The van der Waals surface area contributed by atoms with E-state index in [4.69, 9.17) is 10.3 Å². The van der Waals surface area contributed by atoms with Crippen LogP contribution in [0.2, 0.25) is 0 Å². The van der Waals surface area contributed by atoms with Gasteiger partial charge in [0.05, 0.1) is 10.4 Å². The second-order valence-electron chi connectivity index (χ2n) is 4.77. The topological polar surface area (TPSA) is 52.0 Å². The zero-order chi connectivity index (χ0) is 14.1. The lowest BCUT2D eigenvalue weighted by molar-refractivity contribution is 0.436. The molecule has 0 amide bonds. The second-order valence-corrected chi connectivity index (χ2v) is 5.69. The van der Waals surface area contributed by atoms with Crippen molar-refractivity contribution in [2.24, 2.45) is 0 Å². The molecular weight excluding hydrogens is 268 g/mol. The third kappa shape index (κ3) is 2.12. The molecule has 0 saturated heterocycles. The molecule has 2 heterocycles. The van der Waals surface area contributed by atoms with Gasteiger partial charge in [-0.25, -0.2) is 0 Å². The molecule has 3 nitrogen and oxygen atoms in total. The van der Waals surface area contributed by atoms with Crippen molar-refractivity contribution >= 4 is 17.2 Å². The van der Waals surface area contributed by atoms with Crippen LogP contribution >= 0.6 is 11.3 Å². The van der Waals surface area contributed by atoms with Gasteiger partial charge < -0.3 is 10.3 Å². The first-order chi connectivity index (χ1) is 9.70. The first-order valence-corrected chi connectivity index (χ1v) is 7.47. The third-order valence-corrected chi connectivity index (χ3v) is 4.31. The van der Waals surface area contributed by atoms with E-state index in [2.05, 4.69) is 42.6 Å². The van der Waals surface area contributed by atoms with E-state index in [1.807, 2.05) is 12.1 Å². The van der Waals surface area contributed by atoms with E-state index in [0.717, 1.165) is 28.2 Å². The number of nitrogens with zero attached hydrogens (tertiary/aromatic N) is 1. The van der Waals surface area contributed by atoms with Crippen LogP contribution < -0.4 is 5.73 Å². The molecule has 102 valence electrons. The van der Waals surface area contributed by atoms with Gasteiger partial charge in [-0.15, -0.1) is 11.3 Å². The van der Waals surface area contributed by atoms with Crippen LogP contribution in [0, 0.1) is 6.92 Å². The summed E-state index contributed by atoms with van der Waals surface area (Å²) in [5, 5.41) is 6.04. The molecule has 0 radical (unpaired) electrons. The standard InChI is InChI=1S/C16H16N2OS/c1-3-11-7-8-20-15(11)14-13(16(17)18-19-14)12-6-4-5-10(2)9-12/h4-9H,3H2,1-2H3,(H2,17,18). The molecule has 0 atom stereocenters. The van der Waals surface area contributed by atoms with Gasteiger partial charge >= 0.3 is 0 Å². The normalized spacial score (nSPS) is 10.9. The van der Waals surface area contributed by atoms with Crippen molar-refractivity contribution in [2.45, 2.75) is 20.3 Å². The monoisotopic (exact) mass is 284 g/mol. The number of nitrogen functional groups attached to an aromatic ring is 1. The van der Waals surface area contributed by atoms with E-state index in [1.54, 1.807) is 11.3 Å². The second kappa shape index (κ2) is 5.13. The van der Waals surface area contributed by atoms with E-state index in [-0.39, 0.29) is 0 Å². The summed E-state index contributed by atoms with van der Waals surface area (Å²) in [4.78, 5) is 1.12. The van der Waals surface area contributed by atoms with Gasteiger partial charge in [0.2, 0.25) is 0 Å². The lowest BCUT2D eigenvalue weighted by Gasteiger charge is -2.04. The van der Waals surface area contributed by atoms with Crippen molar-refractivity contribution in [1.29, 1.82) is 0 Å². The SMILES string of the molecule is CCc1ccsc1-c1onc(N)c1-c1cccc(C)c1. The Bertz CT molecular complexity index is 743. The average Bonchev–Trinajstić information content (AvgIpc) is 3.04. The Morgan fingerprint density at radius 3 is 2.90 bits per heavy atom. The number of rotatable bonds is 3. The van der Waals surface area contributed by atoms with Crippen LogP contribution in [0.5, 0.6) is 0 Å². The highest BCUT2D eigenvalue weighted by atomic mass is 32.1. The average molecular weight is 284 g/mol. The summed E-state index contributed by atoms with van der Waals surface area (Å²) in [5.74, 6) is 1.22. The first kappa shape index (κ1) is 12.9. The molecule has 3 aromatic rings. The van der Waals surface area contributed by atoms with E-state index in [9.17, 15) is 0 Å². The smallest absolute Gasteiger partial charge is 0.187 e. The van der Waals surface area contributed by atoms with Crippen LogP contribution in [-0.4, -0.2) is 5.16 Å². The minimum absolute atomic E-state index is 0.445. The molecule has 0 aliphatic rings. The number of benzene rings is 1. The molecule has 1 aromatic carbocycles. The van der Waals surface area contributed by atoms with E-state index >= 15 is 0 Å². The van der Waals surface area contributed by atoms with Gasteiger partial charge in [0, 0.05) is 0 Å². The quantitative estimate of drug-likeness (QED) is 0.769. The van der Waals surface area contributed by atoms with Crippen molar-refractivity contribution in [3.05, 3.63) is 46.8 Å². The summed E-state index contributed by atoms with van der Waals surface area (Å²) in [6.07, 6.45) is 0.965. The van der Waals surface area contributed by atoms with E-state index < -0.39 is 0 Å². The molecule has 0 bridgehead atoms. The maximum atomic E-state index is 6.02. The summed E-state index contributed by atoms with van der Waals surface area (Å²) < 4.78 is 5.51. The fourth-order valence-electron chi connectivity index (χ4n) is 2.35. The fourth-order valence-corrected chi connectivity index (χ4v) is 3.33. The predicted octanol–water partition coefficient (Wildman–Crippen LogP) is 4.52. The summed E-state index contributed by atoms with van der Waals surface area (Å²) in [6.45, 7) is 4.20. The van der Waals surface area contributed by atoms with Crippen molar-refractivity contribution in [1.82, 2.24) is 5.16 Å². The third-order valence-electron chi connectivity index (χ3n) is 3.36. The van der Waals surface area contributed by atoms with Gasteiger partial charge in [-0.3, -0.25) is 0 Å². The highest BCUT2D eigenvalue weighted by molar-refractivity contribution is 7.13. The van der Waals surface area contributed by atoms with Gasteiger partial charge in [-0.1, -0.05) is 41.9 Å². The van der Waals surface area contributed by atoms with Gasteiger partial charge in [0.25, 0.3) is 0 Å². The Hall–Kier alpha value is -2.07. The number of anilines is 1. The van der Waals surface area contributed by atoms with Gasteiger partial charge in [0.1, 0.15) is 0 Å². The molecule has 0 fully saturated rings. The number of aromatic nitrogens is 1. The Morgan fingerprint density at radius 1 is 1.30 bits per heavy atom. The van der Waals surface area contributed by atoms with Crippen LogP contribution in [-0.2, 0) is 6.42 Å². The molecule has 20 heavy (non-hydrogen) atoms. The highest BCUT2D eigenvalue weighted by Crippen LogP contribution is 2.40. The van der Waals surface area contributed by atoms with Crippen molar-refractivity contribution in [2.75, 3.05) is 5.73 Å². The minimum Gasteiger partial charge on any atom is -0.380 e. The molecule has 0 spiro atoms. The number of aryl methyl sites for hydroxylation is 2. The number of hydrogen-bond acceptors (Lipinski definition) is 4. The Balaban J connectivity index is 2.20. The number of hydrogen-bond donors (Lipinski definition) is 1. The van der Waals surface area contributed by atoms with Crippen LogP contribution in [0.1, 0.15) is 18.1 Å². The molecule has 2 N–H and O–H groups in total. The Morgan fingerprint density at radius 2 is 2.15 bits per heavy atom. The zero-order valence-electron chi connectivity index (χ0n) is 11.5. The predicted molar refractivity (Wildman–Crippen MR) is 83.8 cm³/mol. The molecule has 4 heteroatoms. The summed E-state index contributed by atoms with van der Waals surface area (Å²) >= 11 is 1.66. The number of thiophene rings is 1. The molecular formula is C16H16N2OS. The van der Waals surface area contributed by atoms with Crippen molar-refractivity contribution < 1.29 is 4.52 Å². The van der Waals surface area contributed by atoms with Crippen LogP contribution in [0.25, 0.3) is 21.8 Å². The molecule has 0 aliphatic carbocycles. The summed E-state index contributed by atoms with van der Waals surface area (Å²) in [7, 11) is 0. The molecule has 0 unspecified atom stereocenters. The maximum Gasteiger partial charge on any atom is 0.187 e. The lowest BCUT2D eigenvalue weighted by atomic mass is 10.0. The first-order valence-electron chi connectivity index (χ1n) is 6.59. The number of nitrogens with two attached hydrogens (primary N) is 1. The summed E-state index contributed by atoms with van der Waals surface area (Å²) in [6, 6.07) is 10.4. The van der Waals surface area contributed by atoms with E-state index in [1.165, 1.54) is 11.1 Å². The largest absolute Gasteiger partial charge is 0.380 e. The Kier molecular flexibility index (Phi) is 3.32. The van der Waals surface area contributed by atoms with Crippen molar-refractivity contribution in [3.8, 4) is 21.8 Å². The van der Waals surface area contributed by atoms with Crippen LogP contribution in [0.3, 0.4) is 0 Å². The molecule has 0 aliphatic heterocycles. The maximum absolute atomic E-state index is 6.02. The van der Waals surface area contributed by atoms with Gasteiger partial charge in [-0.05, 0) is 35.9 Å².